The van der Waals surface area contributed by atoms with E-state index in [0.29, 0.717) is 30.2 Å². The first kappa shape index (κ1) is 21.5. The fourth-order valence-electron chi connectivity index (χ4n) is 3.83. The standard InChI is InChI=1S/C23H25FN4O2S/c1-31-20-10-3-2-9-19(20)25-21(29)11-13-28-12-5-7-17(15-28)23-26-22(27-30-23)16-6-4-8-18(24)14-16/h2-4,6,8-10,14,17H,5,7,11-13,15H2,1H3,(H,25,29). The van der Waals surface area contributed by atoms with Crippen LogP contribution in [0, 0.1) is 5.82 Å². The van der Waals surface area contributed by atoms with Crippen LogP contribution in [0.3, 0.4) is 0 Å². The molecule has 1 fully saturated rings. The molecule has 0 radical (unpaired) electrons. The fourth-order valence-corrected chi connectivity index (χ4v) is 4.38. The number of para-hydroxylation sites is 1. The van der Waals surface area contributed by atoms with Crippen molar-refractivity contribution >= 4 is 23.4 Å². The minimum atomic E-state index is -0.328. The SMILES string of the molecule is CSc1ccccc1NC(=O)CCN1CCCC(c2nc(-c3cccc(F)c3)no2)C1. The van der Waals surface area contributed by atoms with Crippen LogP contribution in [0.15, 0.2) is 57.9 Å². The molecule has 0 saturated carbocycles. The van der Waals surface area contributed by atoms with Gasteiger partial charge in [0.1, 0.15) is 5.82 Å². The van der Waals surface area contributed by atoms with Crippen molar-refractivity contribution in [1.29, 1.82) is 0 Å². The Morgan fingerprint density at radius 1 is 1.29 bits per heavy atom. The van der Waals surface area contributed by atoms with Gasteiger partial charge in [0.25, 0.3) is 0 Å². The minimum Gasteiger partial charge on any atom is -0.339 e. The molecule has 1 unspecified atom stereocenters. The molecular weight excluding hydrogens is 415 g/mol. The van der Waals surface area contributed by atoms with Gasteiger partial charge in [-0.3, -0.25) is 4.79 Å². The van der Waals surface area contributed by atoms with Gasteiger partial charge in [0.2, 0.25) is 17.6 Å². The zero-order chi connectivity index (χ0) is 21.6. The molecule has 3 aromatic rings. The third kappa shape index (κ3) is 5.51. The number of amides is 1. The van der Waals surface area contributed by atoms with E-state index in [9.17, 15) is 9.18 Å². The summed E-state index contributed by atoms with van der Waals surface area (Å²) in [6.07, 6.45) is 4.37. The third-order valence-electron chi connectivity index (χ3n) is 5.42. The fraction of sp³-hybridized carbons (Fsp3) is 0.348. The predicted octanol–water partition coefficient (Wildman–Crippen LogP) is 4.81. The average Bonchev–Trinajstić information content (AvgIpc) is 3.29. The van der Waals surface area contributed by atoms with Crippen LogP contribution < -0.4 is 5.32 Å². The minimum absolute atomic E-state index is 0.00908. The zero-order valence-corrected chi connectivity index (χ0v) is 18.2. The van der Waals surface area contributed by atoms with Gasteiger partial charge in [-0.2, -0.15) is 4.98 Å². The highest BCUT2D eigenvalue weighted by Crippen LogP contribution is 2.28. The van der Waals surface area contributed by atoms with Gasteiger partial charge in [-0.25, -0.2) is 4.39 Å². The molecule has 0 spiro atoms. The number of aromatic nitrogens is 2. The van der Waals surface area contributed by atoms with E-state index < -0.39 is 0 Å². The molecule has 162 valence electrons. The molecule has 0 bridgehead atoms. The summed E-state index contributed by atoms with van der Waals surface area (Å²) in [4.78, 5) is 20.3. The van der Waals surface area contributed by atoms with Crippen molar-refractivity contribution in [1.82, 2.24) is 15.0 Å². The second kappa shape index (κ2) is 10.1. The number of anilines is 1. The summed E-state index contributed by atoms with van der Waals surface area (Å²) in [5.74, 6) is 0.769. The van der Waals surface area contributed by atoms with Crippen LogP contribution in [-0.2, 0) is 4.79 Å². The van der Waals surface area contributed by atoms with Gasteiger partial charge in [-0.1, -0.05) is 29.4 Å². The maximum absolute atomic E-state index is 13.5. The number of halogens is 1. The molecule has 2 aromatic carbocycles. The number of benzene rings is 2. The third-order valence-corrected chi connectivity index (χ3v) is 6.21. The first-order chi connectivity index (χ1) is 15.1. The van der Waals surface area contributed by atoms with E-state index in [1.165, 1.54) is 12.1 Å². The number of nitrogens with one attached hydrogen (secondary N) is 1. The molecule has 8 heteroatoms. The summed E-state index contributed by atoms with van der Waals surface area (Å²) in [7, 11) is 0. The van der Waals surface area contributed by atoms with Gasteiger partial charge in [0, 0.05) is 30.0 Å². The number of hydrogen-bond acceptors (Lipinski definition) is 6. The molecule has 1 atom stereocenters. The van der Waals surface area contributed by atoms with Crippen LogP contribution in [0.25, 0.3) is 11.4 Å². The van der Waals surface area contributed by atoms with E-state index >= 15 is 0 Å². The number of likely N-dealkylation sites (tertiary alicyclic amines) is 1. The van der Waals surface area contributed by atoms with Gasteiger partial charge in [0.15, 0.2) is 0 Å². The van der Waals surface area contributed by atoms with Crippen LogP contribution in [-0.4, -0.2) is 46.8 Å². The maximum Gasteiger partial charge on any atom is 0.231 e. The van der Waals surface area contributed by atoms with Gasteiger partial charge in [-0.05, 0) is 49.9 Å². The van der Waals surface area contributed by atoms with Crippen molar-refractivity contribution < 1.29 is 13.7 Å². The van der Waals surface area contributed by atoms with E-state index in [2.05, 4.69) is 20.4 Å². The Kier molecular flexibility index (Phi) is 6.99. The van der Waals surface area contributed by atoms with Crippen LogP contribution in [0.1, 0.15) is 31.1 Å². The monoisotopic (exact) mass is 440 g/mol. The number of piperidine rings is 1. The highest BCUT2D eigenvalue weighted by atomic mass is 32.2. The predicted molar refractivity (Wildman–Crippen MR) is 120 cm³/mol. The summed E-state index contributed by atoms with van der Waals surface area (Å²) in [5, 5.41) is 7.04. The summed E-state index contributed by atoms with van der Waals surface area (Å²) >= 11 is 1.61. The molecule has 1 amide bonds. The largest absolute Gasteiger partial charge is 0.339 e. The topological polar surface area (TPSA) is 71.3 Å². The molecular formula is C23H25FN4O2S. The maximum atomic E-state index is 13.5. The zero-order valence-electron chi connectivity index (χ0n) is 17.4. The smallest absolute Gasteiger partial charge is 0.231 e. The van der Waals surface area contributed by atoms with Gasteiger partial charge in [0.05, 0.1) is 11.6 Å². The molecule has 1 saturated heterocycles. The second-order valence-corrected chi connectivity index (χ2v) is 8.45. The average molecular weight is 441 g/mol. The Morgan fingerprint density at radius 3 is 3.00 bits per heavy atom. The molecule has 4 rings (SSSR count). The second-order valence-electron chi connectivity index (χ2n) is 7.60. The number of carbonyl (C=O) groups is 1. The van der Waals surface area contributed by atoms with Crippen molar-refractivity contribution in [3.63, 3.8) is 0 Å². The molecule has 1 aliphatic rings. The molecule has 1 aliphatic heterocycles. The summed E-state index contributed by atoms with van der Waals surface area (Å²) < 4.78 is 19.0. The molecule has 0 aliphatic carbocycles. The molecule has 1 N–H and O–H groups in total. The summed E-state index contributed by atoms with van der Waals surface area (Å²) in [6.45, 7) is 2.38. The van der Waals surface area contributed by atoms with E-state index in [1.807, 2.05) is 30.5 Å². The van der Waals surface area contributed by atoms with Gasteiger partial charge >= 0.3 is 0 Å². The lowest BCUT2D eigenvalue weighted by Gasteiger charge is -2.30. The summed E-state index contributed by atoms with van der Waals surface area (Å²) in [5.41, 5.74) is 1.46. The van der Waals surface area contributed by atoms with Crippen molar-refractivity contribution in [2.45, 2.75) is 30.1 Å². The number of hydrogen-bond donors (Lipinski definition) is 1. The Bertz CT molecular complexity index is 1040. The van der Waals surface area contributed by atoms with E-state index in [4.69, 9.17) is 4.52 Å². The van der Waals surface area contributed by atoms with Crippen molar-refractivity contribution in [2.24, 2.45) is 0 Å². The number of carbonyl (C=O) groups excluding carboxylic acids is 1. The van der Waals surface area contributed by atoms with E-state index in [1.54, 1.807) is 23.9 Å². The Hall–Kier alpha value is -2.71. The van der Waals surface area contributed by atoms with Crippen LogP contribution in [0.2, 0.25) is 0 Å². The molecule has 6 nitrogen and oxygen atoms in total. The molecule has 1 aromatic heterocycles. The summed E-state index contributed by atoms with van der Waals surface area (Å²) in [6, 6.07) is 14.0. The highest BCUT2D eigenvalue weighted by Gasteiger charge is 2.26. The van der Waals surface area contributed by atoms with E-state index in [-0.39, 0.29) is 17.6 Å². The Morgan fingerprint density at radius 2 is 2.16 bits per heavy atom. The lowest BCUT2D eigenvalue weighted by atomic mass is 9.98. The first-order valence-corrected chi connectivity index (χ1v) is 11.6. The number of rotatable bonds is 7. The van der Waals surface area contributed by atoms with Gasteiger partial charge < -0.3 is 14.7 Å². The molecule has 31 heavy (non-hydrogen) atoms. The van der Waals surface area contributed by atoms with Crippen LogP contribution in [0.5, 0.6) is 0 Å². The first-order valence-electron chi connectivity index (χ1n) is 10.4. The van der Waals surface area contributed by atoms with Crippen LogP contribution in [0.4, 0.5) is 10.1 Å². The highest BCUT2D eigenvalue weighted by molar-refractivity contribution is 7.98. The lowest BCUT2D eigenvalue weighted by Crippen LogP contribution is -2.36. The lowest BCUT2D eigenvalue weighted by molar-refractivity contribution is -0.116. The van der Waals surface area contributed by atoms with Crippen LogP contribution >= 0.6 is 11.8 Å². The van der Waals surface area contributed by atoms with Crippen molar-refractivity contribution in [3.05, 3.63) is 60.2 Å². The number of thioether (sulfide) groups is 1. The molecule has 2 heterocycles. The Labute approximate surface area is 185 Å². The number of nitrogens with zero attached hydrogens (tertiary/aromatic N) is 3. The van der Waals surface area contributed by atoms with Crippen molar-refractivity contribution in [3.8, 4) is 11.4 Å². The quantitative estimate of drug-likeness (QED) is 0.532. The van der Waals surface area contributed by atoms with Gasteiger partial charge in [-0.15, -0.1) is 11.8 Å². The Balaban J connectivity index is 1.32. The normalized spacial score (nSPS) is 16.9. The van der Waals surface area contributed by atoms with Crippen molar-refractivity contribution in [2.75, 3.05) is 31.2 Å². The van der Waals surface area contributed by atoms with E-state index in [0.717, 1.165) is 36.5 Å².